The topological polar surface area (TPSA) is 65.0 Å². The summed E-state index contributed by atoms with van der Waals surface area (Å²) < 4.78 is 15.3. The van der Waals surface area contributed by atoms with Crippen LogP contribution >= 0.6 is 11.6 Å². The van der Waals surface area contributed by atoms with Gasteiger partial charge in [-0.3, -0.25) is 0 Å². The van der Waals surface area contributed by atoms with Gasteiger partial charge in [0.2, 0.25) is 0 Å². The Morgan fingerprint density at radius 1 is 1.39 bits per heavy atom. The Labute approximate surface area is 110 Å². The normalized spacial score (nSPS) is 12.0. The molecule has 0 aliphatic heterocycles. The van der Waals surface area contributed by atoms with Crippen LogP contribution in [0.4, 0.5) is 0 Å². The summed E-state index contributed by atoms with van der Waals surface area (Å²) in [6, 6.07) is 3.15. The lowest BCUT2D eigenvalue weighted by molar-refractivity contribution is -0.150. The van der Waals surface area contributed by atoms with Crippen molar-refractivity contribution < 1.29 is 24.1 Å². The largest absolute Gasteiger partial charge is 0.493 e. The molecule has 0 aliphatic rings. The van der Waals surface area contributed by atoms with Crippen molar-refractivity contribution in [2.75, 3.05) is 20.8 Å². The fourth-order valence-corrected chi connectivity index (χ4v) is 1.90. The van der Waals surface area contributed by atoms with Crippen molar-refractivity contribution in [3.63, 3.8) is 0 Å². The molecule has 18 heavy (non-hydrogen) atoms. The number of hydrogen-bond donors (Lipinski definition) is 1. The monoisotopic (exact) mass is 274 g/mol. The molecule has 1 atom stereocenters. The molecule has 1 aromatic carbocycles. The van der Waals surface area contributed by atoms with E-state index in [2.05, 4.69) is 0 Å². The van der Waals surface area contributed by atoms with E-state index in [-0.39, 0.29) is 11.6 Å². The van der Waals surface area contributed by atoms with E-state index in [1.54, 1.807) is 19.1 Å². The second-order valence-electron chi connectivity index (χ2n) is 3.38. The molecular formula is C12H15ClO5. The van der Waals surface area contributed by atoms with Gasteiger partial charge in [-0.25, -0.2) is 4.79 Å². The third-order valence-corrected chi connectivity index (χ3v) is 2.74. The maximum atomic E-state index is 11.1. The van der Waals surface area contributed by atoms with Crippen LogP contribution < -0.4 is 9.47 Å². The first-order valence-electron chi connectivity index (χ1n) is 5.31. The highest BCUT2D eigenvalue weighted by Crippen LogP contribution is 2.40. The molecule has 0 saturated heterocycles. The van der Waals surface area contributed by atoms with E-state index in [0.717, 1.165) is 0 Å². The van der Waals surface area contributed by atoms with Crippen molar-refractivity contribution in [3.8, 4) is 11.5 Å². The Kier molecular flexibility index (Phi) is 5.25. The van der Waals surface area contributed by atoms with Crippen molar-refractivity contribution in [3.05, 3.63) is 22.7 Å². The summed E-state index contributed by atoms with van der Waals surface area (Å²) in [5.41, 5.74) is 0.337. The first kappa shape index (κ1) is 14.6. The van der Waals surface area contributed by atoms with Gasteiger partial charge in [0.25, 0.3) is 0 Å². The van der Waals surface area contributed by atoms with E-state index in [1.165, 1.54) is 14.2 Å². The quantitative estimate of drug-likeness (QED) is 0.863. The highest BCUT2D eigenvalue weighted by atomic mass is 35.5. The first-order chi connectivity index (χ1) is 8.56. The van der Waals surface area contributed by atoms with Crippen molar-refractivity contribution >= 4 is 17.6 Å². The number of carbonyl (C=O) groups is 1. The highest BCUT2D eigenvalue weighted by Gasteiger charge is 2.25. The predicted molar refractivity (Wildman–Crippen MR) is 66.6 cm³/mol. The molecule has 0 heterocycles. The van der Waals surface area contributed by atoms with Crippen LogP contribution in [-0.4, -0.2) is 31.9 Å². The van der Waals surface area contributed by atoms with Crippen LogP contribution in [0.25, 0.3) is 0 Å². The molecule has 0 spiro atoms. The molecule has 1 rings (SSSR count). The van der Waals surface area contributed by atoms with Crippen molar-refractivity contribution in [2.45, 2.75) is 13.0 Å². The molecule has 0 aliphatic carbocycles. The molecule has 6 heteroatoms. The summed E-state index contributed by atoms with van der Waals surface area (Å²) in [6.07, 6.45) is -1.12. The molecule has 1 N–H and O–H groups in total. The first-order valence-corrected chi connectivity index (χ1v) is 5.69. The molecule has 100 valence electrons. The summed E-state index contributed by atoms with van der Waals surface area (Å²) in [5.74, 6) is -0.375. The lowest BCUT2D eigenvalue weighted by Gasteiger charge is -2.17. The van der Waals surface area contributed by atoms with Gasteiger partial charge in [0.1, 0.15) is 0 Å². The van der Waals surface area contributed by atoms with Crippen LogP contribution in [0, 0.1) is 0 Å². The van der Waals surface area contributed by atoms with Gasteiger partial charge in [0.05, 0.1) is 19.2 Å². The zero-order valence-corrected chi connectivity index (χ0v) is 11.2. The fourth-order valence-electron chi connectivity index (χ4n) is 1.57. The average Bonchev–Trinajstić information content (AvgIpc) is 2.35. The lowest BCUT2D eigenvalue weighted by Crippen LogP contribution is -2.16. The maximum absolute atomic E-state index is 11.1. The minimum atomic E-state index is -1.12. The molecule has 0 radical (unpaired) electrons. The molecule has 0 saturated carbocycles. The molecular weight excluding hydrogens is 260 g/mol. The third kappa shape index (κ3) is 2.86. The summed E-state index contributed by atoms with van der Waals surface area (Å²) in [5, 5.41) is 9.30. The smallest absolute Gasteiger partial charge is 0.337 e. The Morgan fingerprint density at radius 2 is 2.06 bits per heavy atom. The van der Waals surface area contributed by atoms with Gasteiger partial charge in [0.15, 0.2) is 17.6 Å². The standard InChI is InChI=1S/C12H15ClO5/c1-4-18-10(12(14)15)7-5-6-8(16-2)11(17-3)9(7)13/h5-6,10H,4H2,1-3H3,(H,14,15). The van der Waals surface area contributed by atoms with Gasteiger partial charge in [-0.1, -0.05) is 17.7 Å². The summed E-state index contributed by atoms with van der Waals surface area (Å²) in [4.78, 5) is 11.1. The number of ether oxygens (including phenoxy) is 3. The molecule has 5 nitrogen and oxygen atoms in total. The maximum Gasteiger partial charge on any atom is 0.337 e. The van der Waals surface area contributed by atoms with Gasteiger partial charge in [-0.2, -0.15) is 0 Å². The van der Waals surface area contributed by atoms with Crippen LogP contribution in [0.5, 0.6) is 11.5 Å². The zero-order chi connectivity index (χ0) is 13.7. The molecule has 0 bridgehead atoms. The molecule has 1 unspecified atom stereocenters. The molecule has 0 aromatic heterocycles. The summed E-state index contributed by atoms with van der Waals surface area (Å²) in [6.45, 7) is 1.98. The highest BCUT2D eigenvalue weighted by molar-refractivity contribution is 6.33. The predicted octanol–water partition coefficient (Wildman–Crippen LogP) is 2.52. The Bertz CT molecular complexity index is 433. The number of carboxylic acid groups (broad SMARTS) is 1. The number of halogens is 1. The van der Waals surface area contributed by atoms with E-state index in [9.17, 15) is 4.79 Å². The van der Waals surface area contributed by atoms with Crippen LogP contribution in [0.15, 0.2) is 12.1 Å². The molecule has 0 fully saturated rings. The van der Waals surface area contributed by atoms with Crippen LogP contribution in [0.2, 0.25) is 5.02 Å². The van der Waals surface area contributed by atoms with E-state index in [1.807, 2.05) is 0 Å². The van der Waals surface area contributed by atoms with E-state index in [0.29, 0.717) is 17.1 Å². The minimum Gasteiger partial charge on any atom is -0.493 e. The second kappa shape index (κ2) is 6.47. The number of rotatable bonds is 6. The van der Waals surface area contributed by atoms with Crippen LogP contribution in [0.3, 0.4) is 0 Å². The average molecular weight is 275 g/mol. The minimum absolute atomic E-state index is 0.178. The van der Waals surface area contributed by atoms with Gasteiger partial charge >= 0.3 is 5.97 Å². The van der Waals surface area contributed by atoms with Gasteiger partial charge in [-0.05, 0) is 13.0 Å². The van der Waals surface area contributed by atoms with Gasteiger partial charge in [-0.15, -0.1) is 0 Å². The third-order valence-electron chi connectivity index (χ3n) is 2.35. The Balaban J connectivity index is 3.27. The fraction of sp³-hybridized carbons (Fsp3) is 0.417. The van der Waals surface area contributed by atoms with Gasteiger partial charge < -0.3 is 19.3 Å². The molecule has 1 aromatic rings. The van der Waals surface area contributed by atoms with Gasteiger partial charge in [0, 0.05) is 12.2 Å². The van der Waals surface area contributed by atoms with Crippen molar-refractivity contribution in [1.29, 1.82) is 0 Å². The number of methoxy groups -OCH3 is 2. The number of carboxylic acids is 1. The summed E-state index contributed by atoms with van der Waals surface area (Å²) in [7, 11) is 2.91. The summed E-state index contributed by atoms with van der Waals surface area (Å²) >= 11 is 6.12. The molecule has 0 amide bonds. The van der Waals surface area contributed by atoms with Crippen LogP contribution in [-0.2, 0) is 9.53 Å². The van der Waals surface area contributed by atoms with Crippen LogP contribution in [0.1, 0.15) is 18.6 Å². The van der Waals surface area contributed by atoms with Crippen molar-refractivity contribution in [1.82, 2.24) is 0 Å². The van der Waals surface area contributed by atoms with E-state index >= 15 is 0 Å². The lowest BCUT2D eigenvalue weighted by atomic mass is 10.1. The van der Waals surface area contributed by atoms with Crippen molar-refractivity contribution in [2.24, 2.45) is 0 Å². The number of benzene rings is 1. The SMILES string of the molecule is CCOC(C(=O)O)c1ccc(OC)c(OC)c1Cl. The Morgan fingerprint density at radius 3 is 2.50 bits per heavy atom. The van der Waals surface area contributed by atoms with E-state index < -0.39 is 12.1 Å². The van der Waals surface area contributed by atoms with E-state index in [4.69, 9.17) is 30.9 Å². The second-order valence-corrected chi connectivity index (χ2v) is 3.76. The zero-order valence-electron chi connectivity index (χ0n) is 10.4. The Hall–Kier alpha value is -1.46. The number of aliphatic carboxylic acids is 1. The number of hydrogen-bond acceptors (Lipinski definition) is 4.